The highest BCUT2D eigenvalue weighted by Gasteiger charge is 2.27. The molecule has 9 heteroatoms. The van der Waals surface area contributed by atoms with E-state index in [1.54, 1.807) is 12.1 Å². The summed E-state index contributed by atoms with van der Waals surface area (Å²) in [6.45, 7) is 1.68. The molecule has 1 aliphatic heterocycles. The lowest BCUT2D eigenvalue weighted by atomic mass is 10.4. The van der Waals surface area contributed by atoms with Crippen molar-refractivity contribution < 1.29 is 8.42 Å². The molecule has 0 amide bonds. The van der Waals surface area contributed by atoms with Gasteiger partial charge < -0.3 is 4.90 Å². The van der Waals surface area contributed by atoms with E-state index >= 15 is 0 Å². The molecule has 3 aromatic rings. The van der Waals surface area contributed by atoms with Crippen molar-refractivity contribution in [3.05, 3.63) is 48.5 Å². The zero-order valence-corrected chi connectivity index (χ0v) is 15.3. The van der Waals surface area contributed by atoms with E-state index in [0.29, 0.717) is 25.5 Å². The maximum absolute atomic E-state index is 12.6. The first-order chi connectivity index (χ1) is 12.6. The fourth-order valence-electron chi connectivity index (χ4n) is 3.12. The number of hydrogen-bond acceptors (Lipinski definition) is 6. The van der Waals surface area contributed by atoms with E-state index in [9.17, 15) is 8.42 Å². The molecule has 0 bridgehead atoms. The van der Waals surface area contributed by atoms with E-state index in [1.807, 2.05) is 40.7 Å². The summed E-state index contributed by atoms with van der Waals surface area (Å²) < 4.78 is 28.6. The van der Waals surface area contributed by atoms with E-state index in [1.165, 1.54) is 10.5 Å². The van der Waals surface area contributed by atoms with Crippen LogP contribution in [0.25, 0.3) is 5.65 Å². The van der Waals surface area contributed by atoms with Gasteiger partial charge in [-0.2, -0.15) is 4.31 Å². The number of pyridine rings is 2. The standard InChI is InChI=1S/C17H20N6O2S/c1-21(13-17-20-19-16-6-2-3-11-23(16)17)15-8-7-14(12-18-15)26(24,25)22-9-4-5-10-22/h2-3,6-8,11-12H,4-5,9-10,13H2,1H3. The molecule has 0 N–H and O–H groups in total. The van der Waals surface area contributed by atoms with Crippen LogP contribution in [0.1, 0.15) is 18.7 Å². The lowest BCUT2D eigenvalue weighted by Crippen LogP contribution is -2.28. The number of sulfonamides is 1. The first-order valence-corrected chi connectivity index (χ1v) is 9.96. The van der Waals surface area contributed by atoms with Crippen molar-refractivity contribution in [2.24, 2.45) is 0 Å². The Balaban J connectivity index is 1.53. The van der Waals surface area contributed by atoms with Crippen molar-refractivity contribution >= 4 is 21.5 Å². The molecule has 1 saturated heterocycles. The molecule has 0 atom stereocenters. The maximum atomic E-state index is 12.6. The lowest BCUT2D eigenvalue weighted by Gasteiger charge is -2.19. The highest BCUT2D eigenvalue weighted by Crippen LogP contribution is 2.22. The fourth-order valence-corrected chi connectivity index (χ4v) is 4.58. The van der Waals surface area contributed by atoms with Crippen molar-refractivity contribution in [2.45, 2.75) is 24.3 Å². The normalized spacial score (nSPS) is 15.6. The van der Waals surface area contributed by atoms with Crippen LogP contribution in [-0.4, -0.2) is 52.4 Å². The minimum Gasteiger partial charge on any atom is -0.352 e. The summed E-state index contributed by atoms with van der Waals surface area (Å²) in [5.74, 6) is 1.47. The lowest BCUT2D eigenvalue weighted by molar-refractivity contribution is 0.477. The van der Waals surface area contributed by atoms with E-state index < -0.39 is 10.0 Å². The third-order valence-corrected chi connectivity index (χ3v) is 6.46. The van der Waals surface area contributed by atoms with Crippen LogP contribution in [0.4, 0.5) is 5.82 Å². The van der Waals surface area contributed by atoms with Gasteiger partial charge in [-0.25, -0.2) is 13.4 Å². The molecule has 0 saturated carbocycles. The monoisotopic (exact) mass is 372 g/mol. The largest absolute Gasteiger partial charge is 0.352 e. The third-order valence-electron chi connectivity index (χ3n) is 4.58. The van der Waals surface area contributed by atoms with E-state index in [4.69, 9.17) is 0 Å². The summed E-state index contributed by atoms with van der Waals surface area (Å²) in [4.78, 5) is 6.49. The molecule has 3 aromatic heterocycles. The molecule has 1 fully saturated rings. The number of aromatic nitrogens is 4. The molecule has 0 unspecified atom stereocenters. The third kappa shape index (κ3) is 3.04. The van der Waals surface area contributed by atoms with Crippen LogP contribution in [0.3, 0.4) is 0 Å². The Kier molecular flexibility index (Phi) is 4.33. The van der Waals surface area contributed by atoms with Gasteiger partial charge in [0.15, 0.2) is 11.5 Å². The molecule has 0 aliphatic carbocycles. The molecular weight excluding hydrogens is 352 g/mol. The molecule has 136 valence electrons. The summed E-state index contributed by atoms with van der Waals surface area (Å²) in [5.41, 5.74) is 0.788. The van der Waals surface area contributed by atoms with Crippen LogP contribution in [0.15, 0.2) is 47.6 Å². The highest BCUT2D eigenvalue weighted by atomic mass is 32.2. The van der Waals surface area contributed by atoms with E-state index in [-0.39, 0.29) is 4.90 Å². The topological polar surface area (TPSA) is 83.7 Å². The second kappa shape index (κ2) is 6.65. The number of rotatable bonds is 5. The van der Waals surface area contributed by atoms with Gasteiger partial charge in [-0.1, -0.05) is 6.07 Å². The van der Waals surface area contributed by atoms with Gasteiger partial charge in [0.2, 0.25) is 10.0 Å². The van der Waals surface area contributed by atoms with Crippen LogP contribution >= 0.6 is 0 Å². The van der Waals surface area contributed by atoms with Gasteiger partial charge in [0.1, 0.15) is 10.7 Å². The summed E-state index contributed by atoms with van der Waals surface area (Å²) >= 11 is 0. The van der Waals surface area contributed by atoms with Gasteiger partial charge in [-0.05, 0) is 37.1 Å². The Hall–Kier alpha value is -2.52. The van der Waals surface area contributed by atoms with Gasteiger partial charge in [0.25, 0.3) is 0 Å². The Morgan fingerprint density at radius 2 is 1.92 bits per heavy atom. The predicted octanol–water partition coefficient (Wildman–Crippen LogP) is 1.55. The summed E-state index contributed by atoms with van der Waals surface area (Å²) in [6.07, 6.45) is 5.18. The van der Waals surface area contributed by atoms with Gasteiger partial charge in [0, 0.05) is 32.5 Å². The average Bonchev–Trinajstić information content (AvgIpc) is 3.33. The summed E-state index contributed by atoms with van der Waals surface area (Å²) in [6, 6.07) is 9.09. The Labute approximate surface area is 152 Å². The van der Waals surface area contributed by atoms with Crippen LogP contribution < -0.4 is 4.90 Å². The summed E-state index contributed by atoms with van der Waals surface area (Å²) in [7, 11) is -1.54. The first kappa shape index (κ1) is 16.9. The van der Waals surface area contributed by atoms with Crippen molar-refractivity contribution in [3.8, 4) is 0 Å². The SMILES string of the molecule is CN(Cc1nnc2ccccn12)c1ccc(S(=O)(=O)N2CCCC2)cn1. The molecule has 0 radical (unpaired) electrons. The zero-order valence-electron chi connectivity index (χ0n) is 14.5. The summed E-state index contributed by atoms with van der Waals surface area (Å²) in [5, 5.41) is 8.35. The molecule has 0 aromatic carbocycles. The molecular formula is C17H20N6O2S. The van der Waals surface area contributed by atoms with E-state index in [0.717, 1.165) is 24.3 Å². The smallest absolute Gasteiger partial charge is 0.244 e. The first-order valence-electron chi connectivity index (χ1n) is 8.52. The average molecular weight is 372 g/mol. The molecule has 0 spiro atoms. The van der Waals surface area contributed by atoms with Gasteiger partial charge in [-0.3, -0.25) is 4.40 Å². The van der Waals surface area contributed by atoms with Crippen LogP contribution in [0.5, 0.6) is 0 Å². The maximum Gasteiger partial charge on any atom is 0.244 e. The number of nitrogens with zero attached hydrogens (tertiary/aromatic N) is 6. The molecule has 4 heterocycles. The second-order valence-corrected chi connectivity index (χ2v) is 8.30. The van der Waals surface area contributed by atoms with Gasteiger partial charge in [0.05, 0.1) is 6.54 Å². The van der Waals surface area contributed by atoms with Gasteiger partial charge >= 0.3 is 0 Å². The van der Waals surface area contributed by atoms with Crippen LogP contribution in [-0.2, 0) is 16.6 Å². The quantitative estimate of drug-likeness (QED) is 0.676. The predicted molar refractivity (Wildman–Crippen MR) is 97.3 cm³/mol. The fraction of sp³-hybridized carbons (Fsp3) is 0.353. The number of anilines is 1. The van der Waals surface area contributed by atoms with Crippen molar-refractivity contribution in [1.29, 1.82) is 0 Å². The number of hydrogen-bond donors (Lipinski definition) is 0. The highest BCUT2D eigenvalue weighted by molar-refractivity contribution is 7.89. The Morgan fingerprint density at radius 1 is 1.12 bits per heavy atom. The van der Waals surface area contributed by atoms with E-state index in [2.05, 4.69) is 15.2 Å². The number of fused-ring (bicyclic) bond motifs is 1. The minimum absolute atomic E-state index is 0.240. The van der Waals surface area contributed by atoms with Gasteiger partial charge in [-0.15, -0.1) is 10.2 Å². The molecule has 1 aliphatic rings. The van der Waals surface area contributed by atoms with Crippen molar-refractivity contribution in [3.63, 3.8) is 0 Å². The molecule has 4 rings (SSSR count). The zero-order chi connectivity index (χ0) is 18.1. The second-order valence-electron chi connectivity index (χ2n) is 6.36. The Bertz CT molecular complexity index is 1010. The molecule has 8 nitrogen and oxygen atoms in total. The van der Waals surface area contributed by atoms with Crippen molar-refractivity contribution in [1.82, 2.24) is 23.9 Å². The molecule has 26 heavy (non-hydrogen) atoms. The Morgan fingerprint density at radius 3 is 2.65 bits per heavy atom. The van der Waals surface area contributed by atoms with Crippen LogP contribution in [0.2, 0.25) is 0 Å². The van der Waals surface area contributed by atoms with Crippen LogP contribution in [0, 0.1) is 0 Å². The minimum atomic E-state index is -3.43. The van der Waals surface area contributed by atoms with Crippen molar-refractivity contribution in [2.75, 3.05) is 25.0 Å².